The van der Waals surface area contributed by atoms with Gasteiger partial charge in [-0.2, -0.15) is 13.2 Å². The first-order chi connectivity index (χ1) is 16.7. The average Bonchev–Trinajstić information content (AvgIpc) is 2.96. The summed E-state index contributed by atoms with van der Waals surface area (Å²) in [5.41, 5.74) is -0.854. The molecule has 0 aromatic heterocycles. The van der Waals surface area contributed by atoms with Crippen LogP contribution in [-0.2, 0) is 27.8 Å². The number of amides is 2. The van der Waals surface area contributed by atoms with Crippen LogP contribution in [0.15, 0.2) is 72.8 Å². The smallest absolute Gasteiger partial charge is 0.416 e. The van der Waals surface area contributed by atoms with Crippen LogP contribution >= 0.6 is 0 Å². The van der Waals surface area contributed by atoms with Gasteiger partial charge in [-0.05, 0) is 41.5 Å². The molecule has 0 aliphatic carbocycles. The maximum absolute atomic E-state index is 13.5. The lowest BCUT2D eigenvalue weighted by molar-refractivity contribution is -0.181. The predicted octanol–water partition coefficient (Wildman–Crippen LogP) is 3.71. The van der Waals surface area contributed by atoms with E-state index in [-0.39, 0.29) is 12.1 Å². The fourth-order valence-corrected chi connectivity index (χ4v) is 4.95. The lowest BCUT2D eigenvalue weighted by atomic mass is 9.69. The van der Waals surface area contributed by atoms with Crippen LogP contribution in [-0.4, -0.2) is 41.6 Å². The van der Waals surface area contributed by atoms with Gasteiger partial charge in [-0.1, -0.05) is 42.5 Å². The number of hydrogen-bond donors (Lipinski definition) is 1. The Balaban J connectivity index is 1.67. The van der Waals surface area contributed by atoms with Crippen molar-refractivity contribution in [3.05, 3.63) is 95.1 Å². The van der Waals surface area contributed by atoms with Gasteiger partial charge in [0, 0.05) is 5.56 Å². The van der Waals surface area contributed by atoms with Crippen molar-refractivity contribution in [3.63, 3.8) is 0 Å². The second-order valence-corrected chi connectivity index (χ2v) is 8.52. The van der Waals surface area contributed by atoms with Crippen molar-refractivity contribution in [2.45, 2.75) is 24.4 Å². The van der Waals surface area contributed by atoms with Gasteiger partial charge < -0.3 is 19.6 Å². The molecule has 2 atom stereocenters. The monoisotopic (exact) mass is 482 g/mol. The second kappa shape index (κ2) is 8.13. The van der Waals surface area contributed by atoms with Gasteiger partial charge in [0.1, 0.15) is 17.8 Å². The van der Waals surface area contributed by atoms with Gasteiger partial charge in [0.15, 0.2) is 6.10 Å². The van der Waals surface area contributed by atoms with Gasteiger partial charge >= 0.3 is 6.18 Å². The van der Waals surface area contributed by atoms with Crippen molar-refractivity contribution in [2.24, 2.45) is 0 Å². The first kappa shape index (κ1) is 22.9. The molecule has 0 saturated carbocycles. The SMILES string of the molecule is COc1ccc(CN2C(=O)CN3C(=O)[C@@H](O)[C@@]3(c3cccc(C(F)(F)F)c3)c3ccccc32)cc1. The summed E-state index contributed by atoms with van der Waals surface area (Å²) in [5.74, 6) is -0.475. The van der Waals surface area contributed by atoms with Crippen LogP contribution in [0.4, 0.5) is 18.9 Å². The quantitative estimate of drug-likeness (QED) is 0.576. The van der Waals surface area contributed by atoms with Crippen molar-refractivity contribution in [1.29, 1.82) is 0 Å². The number of aliphatic hydroxyl groups excluding tert-OH is 1. The van der Waals surface area contributed by atoms with Gasteiger partial charge in [0.05, 0.1) is 24.9 Å². The van der Waals surface area contributed by atoms with E-state index in [1.165, 1.54) is 21.9 Å². The Morgan fingerprint density at radius 1 is 1.03 bits per heavy atom. The summed E-state index contributed by atoms with van der Waals surface area (Å²) in [6.45, 7) is -0.229. The lowest BCUT2D eigenvalue weighted by Gasteiger charge is -2.55. The van der Waals surface area contributed by atoms with E-state index >= 15 is 0 Å². The molecular formula is C26H21F3N2O4. The van der Waals surface area contributed by atoms with E-state index in [2.05, 4.69) is 0 Å². The van der Waals surface area contributed by atoms with E-state index < -0.39 is 41.7 Å². The average molecular weight is 482 g/mol. The largest absolute Gasteiger partial charge is 0.497 e. The third-order valence-electron chi connectivity index (χ3n) is 6.65. The summed E-state index contributed by atoms with van der Waals surface area (Å²) in [4.78, 5) is 28.8. The molecular weight excluding hydrogens is 461 g/mol. The molecule has 2 aliphatic heterocycles. The Morgan fingerprint density at radius 2 is 1.74 bits per heavy atom. The van der Waals surface area contributed by atoms with Gasteiger partial charge in [-0.25, -0.2) is 0 Å². The highest BCUT2D eigenvalue weighted by atomic mass is 19.4. The number of halogens is 3. The maximum atomic E-state index is 13.5. The highest BCUT2D eigenvalue weighted by molar-refractivity contribution is 6.04. The Morgan fingerprint density at radius 3 is 2.43 bits per heavy atom. The summed E-state index contributed by atoms with van der Waals surface area (Å²) in [5, 5.41) is 11.0. The first-order valence-corrected chi connectivity index (χ1v) is 10.9. The Labute approximate surface area is 199 Å². The molecule has 3 aromatic rings. The van der Waals surface area contributed by atoms with Crippen LogP contribution in [0.1, 0.15) is 22.3 Å². The molecule has 9 heteroatoms. The number of anilines is 1. The molecule has 5 rings (SSSR count). The number of ether oxygens (including phenoxy) is 1. The van der Waals surface area contributed by atoms with Crippen LogP contribution < -0.4 is 9.64 Å². The number of hydrogen-bond acceptors (Lipinski definition) is 4. The van der Waals surface area contributed by atoms with Crippen LogP contribution in [0.3, 0.4) is 0 Å². The molecule has 2 heterocycles. The molecule has 6 nitrogen and oxygen atoms in total. The minimum Gasteiger partial charge on any atom is -0.497 e. The number of aliphatic hydroxyl groups is 1. The summed E-state index contributed by atoms with van der Waals surface area (Å²) in [6.07, 6.45) is -6.25. The molecule has 1 N–H and O–H groups in total. The first-order valence-electron chi connectivity index (χ1n) is 10.9. The number of methoxy groups -OCH3 is 1. The minimum atomic E-state index is -4.61. The van der Waals surface area contributed by atoms with Crippen LogP contribution in [0.25, 0.3) is 0 Å². The van der Waals surface area contributed by atoms with Crippen LogP contribution in [0.2, 0.25) is 0 Å². The van der Waals surface area contributed by atoms with Crippen molar-refractivity contribution in [1.82, 2.24) is 4.90 Å². The van der Waals surface area contributed by atoms with Crippen LogP contribution in [0.5, 0.6) is 5.75 Å². The Hall–Kier alpha value is -3.85. The lowest BCUT2D eigenvalue weighted by Crippen LogP contribution is -2.72. The molecule has 3 aromatic carbocycles. The number of nitrogens with zero attached hydrogens (tertiary/aromatic N) is 2. The zero-order valence-corrected chi connectivity index (χ0v) is 18.6. The molecule has 0 unspecified atom stereocenters. The minimum absolute atomic E-state index is 0.0889. The topological polar surface area (TPSA) is 70.1 Å². The molecule has 0 bridgehead atoms. The number of alkyl halides is 3. The second-order valence-electron chi connectivity index (χ2n) is 8.52. The third-order valence-corrected chi connectivity index (χ3v) is 6.65. The van der Waals surface area contributed by atoms with E-state index in [0.29, 0.717) is 17.0 Å². The van der Waals surface area contributed by atoms with E-state index in [1.807, 2.05) is 0 Å². The van der Waals surface area contributed by atoms with E-state index in [1.54, 1.807) is 55.6 Å². The summed E-state index contributed by atoms with van der Waals surface area (Å²) < 4.78 is 45.8. The summed E-state index contributed by atoms with van der Waals surface area (Å²) in [6, 6.07) is 18.4. The van der Waals surface area contributed by atoms with E-state index in [9.17, 15) is 27.9 Å². The molecule has 2 aliphatic rings. The number of β-lactam (4-membered cyclic amide) rings is 1. The highest BCUT2D eigenvalue weighted by Crippen LogP contribution is 2.52. The number of rotatable bonds is 4. The van der Waals surface area contributed by atoms with Crippen molar-refractivity contribution in [2.75, 3.05) is 18.6 Å². The van der Waals surface area contributed by atoms with E-state index in [4.69, 9.17) is 4.74 Å². The molecule has 0 radical (unpaired) electrons. The fraction of sp³-hybridized carbons (Fsp3) is 0.231. The highest BCUT2D eigenvalue weighted by Gasteiger charge is 2.64. The third kappa shape index (κ3) is 3.46. The molecule has 1 fully saturated rings. The number of carbonyl (C=O) groups is 2. The van der Waals surface area contributed by atoms with Gasteiger partial charge in [-0.15, -0.1) is 0 Å². The number of para-hydroxylation sites is 1. The number of carbonyl (C=O) groups excluding carboxylic acids is 2. The molecule has 0 spiro atoms. The maximum Gasteiger partial charge on any atom is 0.416 e. The standard InChI is InChI=1S/C26H21F3N2O4/c1-35-19-11-9-16(10-12-19)14-30-21-8-3-2-7-20(21)25(23(33)24(34)31(25)15-22(30)32)17-5-4-6-18(13-17)26(27,28)29/h2-13,23,33H,14-15H2,1H3/t23-,25-/m1/s1. The molecule has 2 amide bonds. The molecule has 180 valence electrons. The zero-order chi connectivity index (χ0) is 25.0. The summed E-state index contributed by atoms with van der Waals surface area (Å²) >= 11 is 0. The molecule has 1 saturated heterocycles. The van der Waals surface area contributed by atoms with Gasteiger partial charge in [-0.3, -0.25) is 9.59 Å². The van der Waals surface area contributed by atoms with Crippen molar-refractivity contribution < 1.29 is 32.6 Å². The Kier molecular flexibility index (Phi) is 5.32. The number of benzene rings is 3. The molecule has 35 heavy (non-hydrogen) atoms. The Bertz CT molecular complexity index is 1310. The van der Waals surface area contributed by atoms with E-state index in [0.717, 1.165) is 17.7 Å². The van der Waals surface area contributed by atoms with Crippen molar-refractivity contribution >= 4 is 17.5 Å². The fourth-order valence-electron chi connectivity index (χ4n) is 4.95. The zero-order valence-electron chi connectivity index (χ0n) is 18.6. The predicted molar refractivity (Wildman–Crippen MR) is 121 cm³/mol. The van der Waals surface area contributed by atoms with Crippen LogP contribution in [0, 0.1) is 0 Å². The number of fused-ring (bicyclic) bond motifs is 3. The van der Waals surface area contributed by atoms with Crippen molar-refractivity contribution in [3.8, 4) is 5.75 Å². The van der Waals surface area contributed by atoms with Gasteiger partial charge in [0.25, 0.3) is 5.91 Å². The normalized spacial score (nSPS) is 21.7. The summed E-state index contributed by atoms with van der Waals surface area (Å²) in [7, 11) is 1.54. The van der Waals surface area contributed by atoms with Gasteiger partial charge in [0.2, 0.25) is 5.91 Å².